The van der Waals surface area contributed by atoms with Crippen molar-refractivity contribution in [3.63, 3.8) is 0 Å². The van der Waals surface area contributed by atoms with Gasteiger partial charge in [-0.25, -0.2) is 0 Å². The predicted octanol–water partition coefficient (Wildman–Crippen LogP) is 1.73. The molecule has 0 saturated carbocycles. The SMILES string of the molecule is CN=COc1ccccc1OC. The summed E-state index contributed by atoms with van der Waals surface area (Å²) >= 11 is 0. The first kappa shape index (κ1) is 8.59. The highest BCUT2D eigenvalue weighted by molar-refractivity contribution is 5.54. The Labute approximate surface area is 71.6 Å². The molecule has 0 bridgehead atoms. The van der Waals surface area contributed by atoms with Crippen LogP contribution in [0.2, 0.25) is 0 Å². The molecule has 0 unspecified atom stereocenters. The van der Waals surface area contributed by atoms with E-state index in [-0.39, 0.29) is 0 Å². The van der Waals surface area contributed by atoms with E-state index in [4.69, 9.17) is 9.47 Å². The first-order chi connectivity index (χ1) is 5.88. The molecule has 1 aromatic carbocycles. The molecular weight excluding hydrogens is 154 g/mol. The Bertz CT molecular complexity index is 271. The van der Waals surface area contributed by atoms with Crippen molar-refractivity contribution in [1.29, 1.82) is 0 Å². The predicted molar refractivity (Wildman–Crippen MR) is 48.0 cm³/mol. The van der Waals surface area contributed by atoms with Crippen molar-refractivity contribution in [1.82, 2.24) is 0 Å². The summed E-state index contributed by atoms with van der Waals surface area (Å²) in [5.41, 5.74) is 0. The third-order valence-electron chi connectivity index (χ3n) is 1.35. The van der Waals surface area contributed by atoms with Gasteiger partial charge in [-0.3, -0.25) is 4.99 Å². The summed E-state index contributed by atoms with van der Waals surface area (Å²) in [6.07, 6.45) is 1.37. The fourth-order valence-electron chi connectivity index (χ4n) is 0.826. The molecule has 0 radical (unpaired) electrons. The third-order valence-corrected chi connectivity index (χ3v) is 1.35. The van der Waals surface area contributed by atoms with Crippen LogP contribution in [0.3, 0.4) is 0 Å². The monoisotopic (exact) mass is 165 g/mol. The lowest BCUT2D eigenvalue weighted by Crippen LogP contribution is -1.92. The van der Waals surface area contributed by atoms with Crippen LogP contribution in [0.4, 0.5) is 0 Å². The highest BCUT2D eigenvalue weighted by Gasteiger charge is 1.99. The minimum atomic E-state index is 0.672. The number of para-hydroxylation sites is 2. The molecule has 0 fully saturated rings. The van der Waals surface area contributed by atoms with E-state index in [1.807, 2.05) is 24.3 Å². The second-order valence-electron chi connectivity index (χ2n) is 2.13. The zero-order valence-electron chi connectivity index (χ0n) is 7.15. The number of methoxy groups -OCH3 is 1. The van der Waals surface area contributed by atoms with Gasteiger partial charge in [-0.05, 0) is 12.1 Å². The number of nitrogens with zero attached hydrogens (tertiary/aromatic N) is 1. The second kappa shape index (κ2) is 4.38. The standard InChI is InChI=1S/C9H11NO2/c1-10-7-12-9-6-4-3-5-8(9)11-2/h3-7H,1-2H3. The third kappa shape index (κ3) is 1.99. The molecule has 0 saturated heterocycles. The van der Waals surface area contributed by atoms with Crippen molar-refractivity contribution in [2.24, 2.45) is 4.99 Å². The van der Waals surface area contributed by atoms with Crippen molar-refractivity contribution in [2.75, 3.05) is 14.2 Å². The van der Waals surface area contributed by atoms with E-state index in [1.54, 1.807) is 14.2 Å². The smallest absolute Gasteiger partial charge is 0.176 e. The molecule has 0 aliphatic carbocycles. The Morgan fingerprint density at radius 1 is 1.25 bits per heavy atom. The van der Waals surface area contributed by atoms with Crippen LogP contribution in [-0.4, -0.2) is 20.6 Å². The first-order valence-corrected chi connectivity index (χ1v) is 3.58. The Morgan fingerprint density at radius 2 is 1.92 bits per heavy atom. The van der Waals surface area contributed by atoms with Crippen molar-refractivity contribution in [3.05, 3.63) is 24.3 Å². The van der Waals surface area contributed by atoms with E-state index in [9.17, 15) is 0 Å². The molecule has 12 heavy (non-hydrogen) atoms. The molecule has 0 atom stereocenters. The van der Waals surface area contributed by atoms with Crippen LogP contribution in [0.1, 0.15) is 0 Å². The van der Waals surface area contributed by atoms with Gasteiger partial charge in [0.15, 0.2) is 17.9 Å². The molecule has 0 amide bonds. The van der Waals surface area contributed by atoms with Crippen LogP contribution in [0.5, 0.6) is 11.5 Å². The van der Waals surface area contributed by atoms with Gasteiger partial charge in [0.25, 0.3) is 0 Å². The van der Waals surface area contributed by atoms with Crippen molar-refractivity contribution >= 4 is 6.40 Å². The van der Waals surface area contributed by atoms with Gasteiger partial charge in [-0.2, -0.15) is 0 Å². The zero-order chi connectivity index (χ0) is 8.81. The quantitative estimate of drug-likeness (QED) is 0.504. The molecule has 0 N–H and O–H groups in total. The summed E-state index contributed by atoms with van der Waals surface area (Å²) in [7, 11) is 3.25. The molecule has 0 aliphatic rings. The van der Waals surface area contributed by atoms with E-state index in [1.165, 1.54) is 6.40 Å². The summed E-state index contributed by atoms with van der Waals surface area (Å²) in [4.78, 5) is 3.70. The lowest BCUT2D eigenvalue weighted by Gasteiger charge is -2.04. The molecule has 3 nitrogen and oxygen atoms in total. The molecule has 3 heteroatoms. The van der Waals surface area contributed by atoms with Crippen molar-refractivity contribution < 1.29 is 9.47 Å². The van der Waals surface area contributed by atoms with Gasteiger partial charge in [-0.15, -0.1) is 0 Å². The maximum Gasteiger partial charge on any atom is 0.176 e. The molecule has 0 heterocycles. The highest BCUT2D eigenvalue weighted by atomic mass is 16.5. The number of hydrogen-bond acceptors (Lipinski definition) is 3. The molecule has 1 aromatic rings. The molecule has 0 spiro atoms. The number of benzene rings is 1. The maximum absolute atomic E-state index is 5.16. The van der Waals surface area contributed by atoms with Crippen molar-refractivity contribution in [2.45, 2.75) is 0 Å². The van der Waals surface area contributed by atoms with Gasteiger partial charge in [0.05, 0.1) is 7.11 Å². The molecular formula is C9H11NO2. The number of aliphatic imine (C=N–C) groups is 1. The first-order valence-electron chi connectivity index (χ1n) is 3.58. The van der Waals surface area contributed by atoms with Crippen molar-refractivity contribution in [3.8, 4) is 11.5 Å². The Balaban J connectivity index is 2.81. The van der Waals surface area contributed by atoms with E-state index in [0.717, 1.165) is 0 Å². The number of ether oxygens (including phenoxy) is 2. The van der Waals surface area contributed by atoms with E-state index in [0.29, 0.717) is 11.5 Å². The van der Waals surface area contributed by atoms with Gasteiger partial charge >= 0.3 is 0 Å². The fraction of sp³-hybridized carbons (Fsp3) is 0.222. The number of rotatable bonds is 3. The van der Waals surface area contributed by atoms with Crippen LogP contribution < -0.4 is 9.47 Å². The Hall–Kier alpha value is -1.51. The molecule has 1 rings (SSSR count). The Kier molecular flexibility index (Phi) is 3.14. The summed E-state index contributed by atoms with van der Waals surface area (Å²) in [6, 6.07) is 7.41. The molecule has 0 aliphatic heterocycles. The van der Waals surface area contributed by atoms with E-state index < -0.39 is 0 Å². The Morgan fingerprint density at radius 3 is 2.50 bits per heavy atom. The van der Waals surface area contributed by atoms with Gasteiger partial charge in [0.2, 0.25) is 0 Å². The summed E-state index contributed by atoms with van der Waals surface area (Å²) in [5, 5.41) is 0. The maximum atomic E-state index is 5.16. The summed E-state index contributed by atoms with van der Waals surface area (Å²) in [5.74, 6) is 1.38. The number of hydrogen-bond donors (Lipinski definition) is 0. The van der Waals surface area contributed by atoms with Gasteiger partial charge < -0.3 is 9.47 Å². The van der Waals surface area contributed by atoms with Gasteiger partial charge in [0, 0.05) is 7.05 Å². The normalized spacial score (nSPS) is 10.2. The topological polar surface area (TPSA) is 30.8 Å². The molecule has 64 valence electrons. The largest absolute Gasteiger partial charge is 0.493 e. The van der Waals surface area contributed by atoms with Crippen LogP contribution in [0.25, 0.3) is 0 Å². The average molecular weight is 165 g/mol. The lowest BCUT2D eigenvalue weighted by atomic mass is 10.3. The van der Waals surface area contributed by atoms with Crippen LogP contribution in [0.15, 0.2) is 29.3 Å². The van der Waals surface area contributed by atoms with Crippen LogP contribution in [-0.2, 0) is 0 Å². The summed E-state index contributed by atoms with van der Waals surface area (Å²) < 4.78 is 10.2. The summed E-state index contributed by atoms with van der Waals surface area (Å²) in [6.45, 7) is 0. The van der Waals surface area contributed by atoms with E-state index in [2.05, 4.69) is 4.99 Å². The van der Waals surface area contributed by atoms with Gasteiger partial charge in [0.1, 0.15) is 0 Å². The minimum Gasteiger partial charge on any atom is -0.493 e. The average Bonchev–Trinajstić information content (AvgIpc) is 2.15. The minimum absolute atomic E-state index is 0.672. The second-order valence-corrected chi connectivity index (χ2v) is 2.13. The fourth-order valence-corrected chi connectivity index (χ4v) is 0.826. The van der Waals surface area contributed by atoms with E-state index >= 15 is 0 Å². The molecule has 0 aromatic heterocycles. The van der Waals surface area contributed by atoms with Crippen LogP contribution >= 0.6 is 0 Å². The highest BCUT2D eigenvalue weighted by Crippen LogP contribution is 2.24. The lowest BCUT2D eigenvalue weighted by molar-refractivity contribution is 0.393. The zero-order valence-corrected chi connectivity index (χ0v) is 7.15. The van der Waals surface area contributed by atoms with Gasteiger partial charge in [-0.1, -0.05) is 12.1 Å². The van der Waals surface area contributed by atoms with Crippen LogP contribution in [0, 0.1) is 0 Å².